The quantitative estimate of drug-likeness (QED) is 0.730. The van der Waals surface area contributed by atoms with E-state index in [9.17, 15) is 14.4 Å². The largest absolute Gasteiger partial charge is 0.329 e. The molecule has 0 saturated heterocycles. The van der Waals surface area contributed by atoms with Crippen molar-refractivity contribution in [2.24, 2.45) is 7.05 Å². The molecule has 7 heteroatoms. The van der Waals surface area contributed by atoms with Gasteiger partial charge in [-0.3, -0.25) is 19.1 Å². The van der Waals surface area contributed by atoms with Gasteiger partial charge in [0.05, 0.1) is 0 Å². The standard InChI is InChI=1S/C16H14N4O3/c1-9-5-3-4-6-10(9)7-8-11-14(21)18-13-12(17-11)15(22)19-16(23)20(13)2/h3-8H,1-2H3,(H,18,21)(H,19,22,23). The minimum Gasteiger partial charge on any atom is -0.305 e. The van der Waals surface area contributed by atoms with Gasteiger partial charge in [-0.1, -0.05) is 30.3 Å². The highest BCUT2D eigenvalue weighted by molar-refractivity contribution is 5.74. The van der Waals surface area contributed by atoms with Crippen molar-refractivity contribution in [1.82, 2.24) is 19.5 Å². The molecule has 0 atom stereocenters. The first-order chi connectivity index (χ1) is 11.0. The minimum atomic E-state index is -0.634. The maximum atomic E-state index is 12.1. The summed E-state index contributed by atoms with van der Waals surface area (Å²) in [5.41, 5.74) is 0.498. The van der Waals surface area contributed by atoms with Gasteiger partial charge in [-0.05, 0) is 24.1 Å². The molecule has 0 aliphatic carbocycles. The second-order valence-corrected chi connectivity index (χ2v) is 5.16. The molecule has 23 heavy (non-hydrogen) atoms. The molecule has 0 spiro atoms. The zero-order valence-corrected chi connectivity index (χ0v) is 12.6. The van der Waals surface area contributed by atoms with Crippen LogP contribution in [0.2, 0.25) is 0 Å². The first-order valence-electron chi connectivity index (χ1n) is 6.94. The summed E-state index contributed by atoms with van der Waals surface area (Å²) in [4.78, 5) is 44.3. The van der Waals surface area contributed by atoms with Gasteiger partial charge in [-0.2, -0.15) is 0 Å². The maximum Gasteiger partial charge on any atom is 0.329 e. The van der Waals surface area contributed by atoms with Crippen LogP contribution in [0, 0.1) is 6.92 Å². The zero-order valence-electron chi connectivity index (χ0n) is 12.6. The van der Waals surface area contributed by atoms with Crippen LogP contribution in [0.25, 0.3) is 23.3 Å². The highest BCUT2D eigenvalue weighted by Gasteiger charge is 2.09. The lowest BCUT2D eigenvalue weighted by Gasteiger charge is -2.03. The number of nitrogens with zero attached hydrogens (tertiary/aromatic N) is 2. The number of aromatic nitrogens is 4. The molecule has 2 N–H and O–H groups in total. The zero-order chi connectivity index (χ0) is 16.6. The predicted octanol–water partition coefficient (Wildman–Crippen LogP) is 0.789. The van der Waals surface area contributed by atoms with Gasteiger partial charge in [-0.25, -0.2) is 9.78 Å². The average molecular weight is 310 g/mol. The lowest BCUT2D eigenvalue weighted by molar-refractivity contribution is 0.820. The molecule has 3 rings (SSSR count). The second-order valence-electron chi connectivity index (χ2n) is 5.16. The molecule has 0 unspecified atom stereocenters. The van der Waals surface area contributed by atoms with Crippen molar-refractivity contribution in [3.05, 3.63) is 72.3 Å². The molecule has 2 aromatic heterocycles. The Bertz CT molecular complexity index is 1100. The molecule has 3 aromatic rings. The summed E-state index contributed by atoms with van der Waals surface area (Å²) in [6.45, 7) is 1.96. The highest BCUT2D eigenvalue weighted by Crippen LogP contribution is 2.10. The minimum absolute atomic E-state index is 0.0103. The Kier molecular flexibility index (Phi) is 3.53. The van der Waals surface area contributed by atoms with Crippen LogP contribution in [0.15, 0.2) is 38.6 Å². The van der Waals surface area contributed by atoms with E-state index < -0.39 is 16.8 Å². The first-order valence-corrected chi connectivity index (χ1v) is 6.94. The maximum absolute atomic E-state index is 12.1. The Balaban J connectivity index is 2.18. The van der Waals surface area contributed by atoms with Crippen molar-refractivity contribution in [2.45, 2.75) is 6.92 Å². The smallest absolute Gasteiger partial charge is 0.305 e. The van der Waals surface area contributed by atoms with Gasteiger partial charge in [-0.15, -0.1) is 0 Å². The first kappa shape index (κ1) is 14.7. The Morgan fingerprint density at radius 1 is 1.04 bits per heavy atom. The van der Waals surface area contributed by atoms with Crippen molar-refractivity contribution >= 4 is 23.3 Å². The summed E-state index contributed by atoms with van der Waals surface area (Å²) in [5.74, 6) is 0. The third kappa shape index (κ3) is 2.64. The van der Waals surface area contributed by atoms with E-state index in [2.05, 4.69) is 15.0 Å². The molecule has 0 amide bonds. The van der Waals surface area contributed by atoms with E-state index in [1.54, 1.807) is 12.2 Å². The fourth-order valence-electron chi connectivity index (χ4n) is 2.25. The number of aryl methyl sites for hydroxylation is 2. The molecular formula is C16H14N4O3. The summed E-state index contributed by atoms with van der Waals surface area (Å²) in [6, 6.07) is 7.69. The Hall–Kier alpha value is -3.22. The fourth-order valence-corrected chi connectivity index (χ4v) is 2.25. The number of H-pyrrole nitrogens is 2. The predicted molar refractivity (Wildman–Crippen MR) is 88.3 cm³/mol. The number of benzene rings is 1. The van der Waals surface area contributed by atoms with Crippen LogP contribution >= 0.6 is 0 Å². The molecule has 7 nitrogen and oxygen atoms in total. The lowest BCUT2D eigenvalue weighted by Crippen LogP contribution is -2.31. The molecule has 0 aliphatic rings. The van der Waals surface area contributed by atoms with E-state index in [1.165, 1.54) is 7.05 Å². The molecule has 2 heterocycles. The van der Waals surface area contributed by atoms with Gasteiger partial charge >= 0.3 is 5.69 Å². The van der Waals surface area contributed by atoms with Crippen LogP contribution in [0.4, 0.5) is 0 Å². The molecule has 0 radical (unpaired) electrons. The number of rotatable bonds is 2. The number of hydrogen-bond donors (Lipinski definition) is 2. The summed E-state index contributed by atoms with van der Waals surface area (Å²) in [7, 11) is 1.45. The molecular weight excluding hydrogens is 296 g/mol. The van der Waals surface area contributed by atoms with Crippen LogP contribution in [-0.4, -0.2) is 19.5 Å². The van der Waals surface area contributed by atoms with E-state index in [0.29, 0.717) is 0 Å². The van der Waals surface area contributed by atoms with Gasteiger partial charge in [0, 0.05) is 7.05 Å². The van der Waals surface area contributed by atoms with Gasteiger partial charge in [0.25, 0.3) is 11.1 Å². The van der Waals surface area contributed by atoms with Gasteiger partial charge in [0.2, 0.25) is 0 Å². The fraction of sp³-hybridized carbons (Fsp3) is 0.125. The number of hydrogen-bond acceptors (Lipinski definition) is 4. The third-order valence-electron chi connectivity index (χ3n) is 3.61. The van der Waals surface area contributed by atoms with Crippen LogP contribution in [0.5, 0.6) is 0 Å². The Morgan fingerprint density at radius 3 is 2.52 bits per heavy atom. The summed E-state index contributed by atoms with van der Waals surface area (Å²) < 4.78 is 1.14. The van der Waals surface area contributed by atoms with Gasteiger partial charge < -0.3 is 4.98 Å². The van der Waals surface area contributed by atoms with E-state index in [1.807, 2.05) is 31.2 Å². The molecule has 0 aliphatic heterocycles. The topological polar surface area (TPSA) is 101 Å². The van der Waals surface area contributed by atoms with Crippen molar-refractivity contribution in [2.75, 3.05) is 0 Å². The molecule has 116 valence electrons. The van der Waals surface area contributed by atoms with Crippen molar-refractivity contribution in [3.8, 4) is 0 Å². The molecule has 0 saturated carbocycles. The number of nitrogens with one attached hydrogen (secondary N) is 2. The van der Waals surface area contributed by atoms with Crippen LogP contribution < -0.4 is 16.8 Å². The molecule has 0 bridgehead atoms. The van der Waals surface area contributed by atoms with Crippen molar-refractivity contribution in [3.63, 3.8) is 0 Å². The van der Waals surface area contributed by atoms with Crippen molar-refractivity contribution in [1.29, 1.82) is 0 Å². The number of aromatic amines is 2. The SMILES string of the molecule is Cc1ccccc1C=Cc1nc2c(=O)[nH]c(=O)n(C)c2[nH]c1=O. The molecule has 1 aromatic carbocycles. The van der Waals surface area contributed by atoms with E-state index in [-0.39, 0.29) is 16.9 Å². The summed E-state index contributed by atoms with van der Waals surface area (Å²) in [6.07, 6.45) is 3.31. The highest BCUT2D eigenvalue weighted by atomic mass is 16.2. The summed E-state index contributed by atoms with van der Waals surface area (Å²) >= 11 is 0. The van der Waals surface area contributed by atoms with Crippen molar-refractivity contribution < 1.29 is 0 Å². The van der Waals surface area contributed by atoms with E-state index in [0.717, 1.165) is 15.7 Å². The lowest BCUT2D eigenvalue weighted by atomic mass is 10.1. The van der Waals surface area contributed by atoms with Crippen LogP contribution in [-0.2, 0) is 7.05 Å². The summed E-state index contributed by atoms with van der Waals surface area (Å²) in [5, 5.41) is 0. The molecule has 0 fully saturated rings. The third-order valence-corrected chi connectivity index (χ3v) is 3.61. The van der Waals surface area contributed by atoms with Gasteiger partial charge in [0.15, 0.2) is 5.52 Å². The normalized spacial score (nSPS) is 11.4. The van der Waals surface area contributed by atoms with E-state index in [4.69, 9.17) is 0 Å². The Morgan fingerprint density at radius 2 is 1.78 bits per heavy atom. The monoisotopic (exact) mass is 310 g/mol. The van der Waals surface area contributed by atoms with E-state index >= 15 is 0 Å². The van der Waals surface area contributed by atoms with Gasteiger partial charge in [0.1, 0.15) is 11.3 Å². The van der Waals surface area contributed by atoms with Crippen LogP contribution in [0.3, 0.4) is 0 Å². The Labute approximate surface area is 130 Å². The van der Waals surface area contributed by atoms with Crippen LogP contribution in [0.1, 0.15) is 16.8 Å². The second kappa shape index (κ2) is 5.53. The number of fused-ring (bicyclic) bond motifs is 1. The average Bonchev–Trinajstić information content (AvgIpc) is 2.52.